The number of benzene rings is 3. The molecule has 1 aliphatic heterocycles. The largest absolute Gasteiger partial charge is 0.481 e. The van der Waals surface area contributed by atoms with E-state index in [0.29, 0.717) is 12.4 Å². The molecule has 176 valence electrons. The third kappa shape index (κ3) is 4.81. The first-order chi connectivity index (χ1) is 17.0. The number of rotatable bonds is 7. The Balaban J connectivity index is 1.47. The van der Waals surface area contributed by atoms with E-state index < -0.39 is 5.97 Å². The summed E-state index contributed by atoms with van der Waals surface area (Å²) in [4.78, 5) is 13.3. The summed E-state index contributed by atoms with van der Waals surface area (Å²) in [5.41, 5.74) is 4.13. The van der Waals surface area contributed by atoms with Crippen LogP contribution >= 0.6 is 22.9 Å². The normalized spacial score (nSPS) is 14.1. The van der Waals surface area contributed by atoms with Gasteiger partial charge in [-0.25, -0.2) is 0 Å². The average molecular weight is 504 g/mol. The van der Waals surface area contributed by atoms with Gasteiger partial charge in [0.05, 0.1) is 12.1 Å². The van der Waals surface area contributed by atoms with E-state index in [1.807, 2.05) is 71.7 Å². The maximum Gasteiger partial charge on any atom is 0.305 e. The summed E-state index contributed by atoms with van der Waals surface area (Å²) in [6, 6.07) is 22.1. The molecule has 5 rings (SSSR count). The number of carboxylic acid groups (broad SMARTS) is 1. The van der Waals surface area contributed by atoms with Crippen LogP contribution in [0.25, 0.3) is 27.4 Å². The zero-order valence-corrected chi connectivity index (χ0v) is 20.7. The molecule has 0 radical (unpaired) electrons. The molecule has 35 heavy (non-hydrogen) atoms. The Labute approximate surface area is 212 Å². The second-order valence-corrected chi connectivity index (χ2v) is 9.61. The molecule has 0 spiro atoms. The van der Waals surface area contributed by atoms with Crippen LogP contribution in [0.15, 0.2) is 84.8 Å². The number of anilines is 1. The van der Waals surface area contributed by atoms with Gasteiger partial charge in [-0.1, -0.05) is 59.3 Å². The van der Waals surface area contributed by atoms with Gasteiger partial charge in [-0.2, -0.15) is 4.57 Å². The number of thiazole rings is 1. The summed E-state index contributed by atoms with van der Waals surface area (Å²) < 4.78 is 9.53. The van der Waals surface area contributed by atoms with Crippen LogP contribution in [0.3, 0.4) is 0 Å². The predicted molar refractivity (Wildman–Crippen MR) is 142 cm³/mol. The van der Waals surface area contributed by atoms with Crippen LogP contribution < -0.4 is 14.2 Å². The van der Waals surface area contributed by atoms with E-state index in [9.17, 15) is 9.90 Å². The lowest BCUT2D eigenvalue weighted by Crippen LogP contribution is -2.33. The number of nitrogens with zero attached hydrogens (tertiary/aromatic N) is 2. The maximum absolute atomic E-state index is 11.3. The highest BCUT2D eigenvalue weighted by molar-refractivity contribution is 7.18. The molecule has 0 unspecified atom stereocenters. The van der Waals surface area contributed by atoms with E-state index in [1.165, 1.54) is 4.70 Å². The fourth-order valence-electron chi connectivity index (χ4n) is 4.21. The molecule has 0 bridgehead atoms. The number of carboxylic acids is 1. The average Bonchev–Trinajstić information content (AvgIpc) is 3.39. The van der Waals surface area contributed by atoms with Crippen LogP contribution in [0.4, 0.5) is 5.69 Å². The predicted octanol–water partition coefficient (Wildman–Crippen LogP) is 6.76. The fourth-order valence-corrected chi connectivity index (χ4v) is 5.50. The first kappa shape index (κ1) is 23.1. The van der Waals surface area contributed by atoms with E-state index in [1.54, 1.807) is 11.3 Å². The Hall–Kier alpha value is -3.61. The SMILES string of the molecule is CC[n+]1c(C=CC=C2Oc3ccc(-c4ccccc4)cc3N2CCC(=O)O)sc2ccc(Cl)cc21. The van der Waals surface area contributed by atoms with Crippen LogP contribution in [-0.4, -0.2) is 17.6 Å². The number of fused-ring (bicyclic) bond motifs is 2. The second kappa shape index (κ2) is 9.94. The lowest BCUT2D eigenvalue weighted by atomic mass is 10.0. The molecule has 3 aromatic carbocycles. The van der Waals surface area contributed by atoms with Crippen LogP contribution in [0.5, 0.6) is 5.75 Å². The van der Waals surface area contributed by atoms with E-state index in [4.69, 9.17) is 16.3 Å². The number of allylic oxidation sites excluding steroid dienone is 2. The van der Waals surface area contributed by atoms with E-state index in [2.05, 4.69) is 29.7 Å². The summed E-state index contributed by atoms with van der Waals surface area (Å²) in [7, 11) is 0. The van der Waals surface area contributed by atoms with Crippen molar-refractivity contribution in [2.45, 2.75) is 19.9 Å². The Bertz CT molecular complexity index is 1460. The number of hydrogen-bond acceptors (Lipinski definition) is 4. The number of aryl methyl sites for hydroxylation is 1. The summed E-state index contributed by atoms with van der Waals surface area (Å²) in [5.74, 6) is 0.477. The monoisotopic (exact) mass is 503 g/mol. The highest BCUT2D eigenvalue weighted by atomic mass is 35.5. The number of halogens is 1. The van der Waals surface area contributed by atoms with Crippen molar-refractivity contribution in [1.82, 2.24) is 0 Å². The third-order valence-corrected chi connectivity index (χ3v) is 7.24. The van der Waals surface area contributed by atoms with Crippen LogP contribution in [0.1, 0.15) is 18.4 Å². The van der Waals surface area contributed by atoms with Gasteiger partial charge < -0.3 is 14.7 Å². The standard InChI is InChI=1S/C28H23ClN2O3S/c1-2-30-23-18-21(29)12-14-25(23)35-27(30)10-6-9-26-31(16-15-28(32)33)22-17-20(11-13-24(22)34-26)19-7-4-3-5-8-19/h3-14,17-18H,2,15-16H2,1H3/p+1. The minimum Gasteiger partial charge on any atom is -0.481 e. The van der Waals surface area contributed by atoms with Crippen molar-refractivity contribution in [3.8, 4) is 16.9 Å². The Kier molecular flexibility index (Phi) is 6.57. The van der Waals surface area contributed by atoms with Crippen molar-refractivity contribution in [3.05, 3.63) is 94.8 Å². The van der Waals surface area contributed by atoms with Gasteiger partial charge in [-0.05, 0) is 54.5 Å². The molecule has 0 fully saturated rings. The second-order valence-electron chi connectivity index (χ2n) is 8.11. The molecular formula is C28H24ClN2O3S+. The van der Waals surface area contributed by atoms with Crippen molar-refractivity contribution in [2.24, 2.45) is 0 Å². The highest BCUT2D eigenvalue weighted by Crippen LogP contribution is 2.41. The van der Waals surface area contributed by atoms with Crippen molar-refractivity contribution < 1.29 is 19.2 Å². The van der Waals surface area contributed by atoms with Gasteiger partial charge in [0.2, 0.25) is 11.4 Å². The van der Waals surface area contributed by atoms with Crippen LogP contribution in [0, 0.1) is 0 Å². The first-order valence-corrected chi connectivity index (χ1v) is 12.6. The molecule has 0 aliphatic carbocycles. The number of ether oxygens (including phenoxy) is 1. The van der Waals surface area contributed by atoms with E-state index in [-0.39, 0.29) is 6.42 Å². The molecule has 1 aliphatic rings. The van der Waals surface area contributed by atoms with E-state index in [0.717, 1.165) is 44.7 Å². The first-order valence-electron chi connectivity index (χ1n) is 11.4. The summed E-state index contributed by atoms with van der Waals surface area (Å²) in [5, 5.41) is 11.1. The van der Waals surface area contributed by atoms with Crippen molar-refractivity contribution in [1.29, 1.82) is 0 Å². The zero-order chi connectivity index (χ0) is 24.4. The molecular weight excluding hydrogens is 480 g/mol. The summed E-state index contributed by atoms with van der Waals surface area (Å²) in [6.45, 7) is 3.25. The zero-order valence-electron chi connectivity index (χ0n) is 19.1. The molecule has 2 heterocycles. The molecule has 0 amide bonds. The van der Waals surface area contributed by atoms with Crippen molar-refractivity contribution in [2.75, 3.05) is 11.4 Å². The van der Waals surface area contributed by atoms with Crippen molar-refractivity contribution >= 4 is 50.9 Å². The lowest BCUT2D eigenvalue weighted by molar-refractivity contribution is -0.665. The van der Waals surface area contributed by atoms with Gasteiger partial charge in [0.15, 0.2) is 5.75 Å². The molecule has 0 saturated heterocycles. The van der Waals surface area contributed by atoms with Gasteiger partial charge in [0, 0.05) is 23.7 Å². The summed E-state index contributed by atoms with van der Waals surface area (Å²) >= 11 is 7.91. The van der Waals surface area contributed by atoms with Gasteiger partial charge in [0.1, 0.15) is 11.2 Å². The number of aromatic nitrogens is 1. The van der Waals surface area contributed by atoms with E-state index >= 15 is 0 Å². The quantitative estimate of drug-likeness (QED) is 0.283. The maximum atomic E-state index is 11.3. The number of hydrogen-bond donors (Lipinski definition) is 1. The van der Waals surface area contributed by atoms with Gasteiger partial charge in [-0.3, -0.25) is 4.79 Å². The van der Waals surface area contributed by atoms with Gasteiger partial charge in [-0.15, -0.1) is 0 Å². The fraction of sp³-hybridized carbons (Fsp3) is 0.143. The summed E-state index contributed by atoms with van der Waals surface area (Å²) in [6.07, 6.45) is 5.89. The molecule has 5 nitrogen and oxygen atoms in total. The minimum atomic E-state index is -0.847. The Morgan fingerprint density at radius 3 is 2.71 bits per heavy atom. The van der Waals surface area contributed by atoms with Crippen LogP contribution in [-0.2, 0) is 11.3 Å². The van der Waals surface area contributed by atoms with Gasteiger partial charge >= 0.3 is 5.97 Å². The number of carbonyl (C=O) groups is 1. The Morgan fingerprint density at radius 1 is 1.11 bits per heavy atom. The van der Waals surface area contributed by atoms with Crippen LogP contribution in [0.2, 0.25) is 5.02 Å². The number of aliphatic carboxylic acids is 1. The van der Waals surface area contributed by atoms with Crippen molar-refractivity contribution in [3.63, 3.8) is 0 Å². The van der Waals surface area contributed by atoms with Gasteiger partial charge in [0.25, 0.3) is 5.01 Å². The molecule has 1 aromatic heterocycles. The molecule has 7 heteroatoms. The Morgan fingerprint density at radius 2 is 1.94 bits per heavy atom. The lowest BCUT2D eigenvalue weighted by Gasteiger charge is -2.17. The third-order valence-electron chi connectivity index (χ3n) is 5.87. The molecule has 1 N–H and O–H groups in total. The highest BCUT2D eigenvalue weighted by Gasteiger charge is 2.27. The molecule has 4 aromatic rings. The smallest absolute Gasteiger partial charge is 0.305 e. The minimum absolute atomic E-state index is 0.00628. The molecule has 0 atom stereocenters. The molecule has 0 saturated carbocycles. The topological polar surface area (TPSA) is 53.7 Å².